The number of anilines is 1. The second-order valence-electron chi connectivity index (χ2n) is 7.86. The summed E-state index contributed by atoms with van der Waals surface area (Å²) >= 11 is 0. The van der Waals surface area contributed by atoms with Gasteiger partial charge in [0.2, 0.25) is 0 Å². The molecule has 0 unspecified atom stereocenters. The largest absolute Gasteiger partial charge is 0.375 e. The first kappa shape index (κ1) is 17.2. The maximum Gasteiger partial charge on any atom is 0.264 e. The fraction of sp³-hybridized carbons (Fsp3) is 0.304. The van der Waals surface area contributed by atoms with Crippen LogP contribution in [0.15, 0.2) is 54.7 Å². The average molecular weight is 374 g/mol. The van der Waals surface area contributed by atoms with Crippen LogP contribution < -0.4 is 4.90 Å². The van der Waals surface area contributed by atoms with Crippen molar-refractivity contribution in [2.45, 2.75) is 31.3 Å². The van der Waals surface area contributed by atoms with Crippen LogP contribution in [0.25, 0.3) is 10.9 Å². The SMILES string of the molecule is O=C(C[C@]1(O)C(=O)N(CCc2c[nH]c3ccccc23)c2ccccc21)C1CC1. The fourth-order valence-corrected chi connectivity index (χ4v) is 4.27. The van der Waals surface area contributed by atoms with Gasteiger partial charge in [-0.05, 0) is 37.0 Å². The minimum Gasteiger partial charge on any atom is -0.375 e. The molecule has 1 aromatic heterocycles. The van der Waals surface area contributed by atoms with E-state index in [2.05, 4.69) is 11.1 Å². The Morgan fingerprint density at radius 2 is 1.89 bits per heavy atom. The Hall–Kier alpha value is -2.92. The monoisotopic (exact) mass is 374 g/mol. The number of nitrogens with one attached hydrogen (secondary N) is 1. The molecule has 0 bridgehead atoms. The highest BCUT2D eigenvalue weighted by Crippen LogP contribution is 2.44. The van der Waals surface area contributed by atoms with Crippen LogP contribution in [0.1, 0.15) is 30.4 Å². The molecule has 1 saturated carbocycles. The van der Waals surface area contributed by atoms with E-state index in [4.69, 9.17) is 0 Å². The van der Waals surface area contributed by atoms with E-state index in [1.165, 1.54) is 0 Å². The van der Waals surface area contributed by atoms with Gasteiger partial charge in [-0.1, -0.05) is 36.4 Å². The Bertz CT molecular complexity index is 1080. The van der Waals surface area contributed by atoms with Crippen molar-refractivity contribution < 1.29 is 14.7 Å². The number of carbonyl (C=O) groups excluding carboxylic acids is 2. The molecular weight excluding hydrogens is 352 g/mol. The summed E-state index contributed by atoms with van der Waals surface area (Å²) < 4.78 is 0. The summed E-state index contributed by atoms with van der Waals surface area (Å²) in [7, 11) is 0. The Morgan fingerprint density at radius 1 is 1.14 bits per heavy atom. The Balaban J connectivity index is 1.43. The summed E-state index contributed by atoms with van der Waals surface area (Å²) in [6.45, 7) is 0.456. The molecular formula is C23H22N2O3. The Kier molecular flexibility index (Phi) is 3.88. The number of carbonyl (C=O) groups is 2. The minimum absolute atomic E-state index is 0.0101. The van der Waals surface area contributed by atoms with Crippen LogP contribution in [0.2, 0.25) is 0 Å². The molecule has 2 heterocycles. The second kappa shape index (κ2) is 6.31. The number of ketones is 1. The summed E-state index contributed by atoms with van der Waals surface area (Å²) in [5, 5.41) is 12.4. The number of H-pyrrole nitrogens is 1. The lowest BCUT2D eigenvalue weighted by Gasteiger charge is -2.22. The smallest absolute Gasteiger partial charge is 0.264 e. The Morgan fingerprint density at radius 3 is 2.71 bits per heavy atom. The predicted molar refractivity (Wildman–Crippen MR) is 107 cm³/mol. The standard InChI is InChI=1S/C23H22N2O3/c26-21(15-9-10-15)13-23(28)18-6-2-4-8-20(18)25(22(23)27)12-11-16-14-24-19-7-3-1-5-17(16)19/h1-8,14-15,24,28H,9-13H2/t23-/m1/s1. The highest BCUT2D eigenvalue weighted by molar-refractivity contribution is 6.09. The first-order chi connectivity index (χ1) is 13.6. The number of amides is 1. The summed E-state index contributed by atoms with van der Waals surface area (Å²) in [5.41, 5.74) is 1.71. The van der Waals surface area contributed by atoms with E-state index in [-0.39, 0.29) is 24.0 Å². The molecule has 2 N–H and O–H groups in total. The molecule has 2 aromatic carbocycles. The number of hydrogen-bond donors (Lipinski definition) is 2. The highest BCUT2D eigenvalue weighted by Gasteiger charge is 2.51. The molecule has 0 spiro atoms. The number of aromatic nitrogens is 1. The van der Waals surface area contributed by atoms with Crippen molar-refractivity contribution in [3.63, 3.8) is 0 Å². The summed E-state index contributed by atoms with van der Waals surface area (Å²) in [5.74, 6) is -0.379. The van der Waals surface area contributed by atoms with E-state index in [9.17, 15) is 14.7 Å². The Labute approximate surface area is 163 Å². The van der Waals surface area contributed by atoms with Gasteiger partial charge in [0.25, 0.3) is 5.91 Å². The zero-order valence-corrected chi connectivity index (χ0v) is 15.5. The third-order valence-electron chi connectivity index (χ3n) is 5.98. The minimum atomic E-state index is -1.74. The van der Waals surface area contributed by atoms with Crippen molar-refractivity contribution in [1.29, 1.82) is 0 Å². The van der Waals surface area contributed by atoms with Crippen molar-refractivity contribution >= 4 is 28.3 Å². The summed E-state index contributed by atoms with van der Waals surface area (Å²) in [4.78, 5) is 30.5. The highest BCUT2D eigenvalue weighted by atomic mass is 16.3. The molecule has 1 aliphatic heterocycles. The maximum atomic E-state index is 13.2. The van der Waals surface area contributed by atoms with Crippen molar-refractivity contribution in [2.24, 2.45) is 5.92 Å². The summed E-state index contributed by atoms with van der Waals surface area (Å²) in [6.07, 6.45) is 4.25. The number of aliphatic hydroxyl groups is 1. The van der Waals surface area contributed by atoms with Gasteiger partial charge in [0.05, 0.1) is 5.69 Å². The normalized spacial score (nSPS) is 21.3. The fourth-order valence-electron chi connectivity index (χ4n) is 4.27. The van der Waals surface area contributed by atoms with E-state index >= 15 is 0 Å². The first-order valence-electron chi connectivity index (χ1n) is 9.79. The molecule has 0 saturated heterocycles. The van der Waals surface area contributed by atoms with Crippen LogP contribution in [0.5, 0.6) is 0 Å². The van der Waals surface area contributed by atoms with Crippen molar-refractivity contribution in [3.05, 3.63) is 65.9 Å². The van der Waals surface area contributed by atoms with Crippen LogP contribution >= 0.6 is 0 Å². The summed E-state index contributed by atoms with van der Waals surface area (Å²) in [6, 6.07) is 15.4. The number of rotatable bonds is 6. The molecule has 3 aromatic rings. The van der Waals surface area contributed by atoms with E-state index < -0.39 is 5.60 Å². The number of nitrogens with zero attached hydrogens (tertiary/aromatic N) is 1. The molecule has 5 heteroatoms. The average Bonchev–Trinajstić information content (AvgIpc) is 3.45. The zero-order valence-electron chi connectivity index (χ0n) is 15.5. The molecule has 5 rings (SSSR count). The van der Waals surface area contributed by atoms with E-state index in [0.29, 0.717) is 24.2 Å². The zero-order chi connectivity index (χ0) is 19.3. The van der Waals surface area contributed by atoms with Crippen LogP contribution in [0.4, 0.5) is 5.69 Å². The molecule has 28 heavy (non-hydrogen) atoms. The van der Waals surface area contributed by atoms with Gasteiger partial charge in [-0.15, -0.1) is 0 Å². The topological polar surface area (TPSA) is 73.4 Å². The van der Waals surface area contributed by atoms with Crippen molar-refractivity contribution in [3.8, 4) is 0 Å². The lowest BCUT2D eigenvalue weighted by molar-refractivity contribution is -0.142. The third kappa shape index (κ3) is 2.66. The van der Waals surface area contributed by atoms with Crippen LogP contribution in [0.3, 0.4) is 0 Å². The van der Waals surface area contributed by atoms with Gasteiger partial charge in [0.15, 0.2) is 5.60 Å². The van der Waals surface area contributed by atoms with Crippen molar-refractivity contribution in [1.82, 2.24) is 4.98 Å². The van der Waals surface area contributed by atoms with Gasteiger partial charge in [-0.25, -0.2) is 0 Å². The van der Waals surface area contributed by atoms with Gasteiger partial charge in [0, 0.05) is 41.5 Å². The quantitative estimate of drug-likeness (QED) is 0.695. The van der Waals surface area contributed by atoms with Gasteiger partial charge >= 0.3 is 0 Å². The maximum absolute atomic E-state index is 13.2. The molecule has 1 amide bonds. The van der Waals surface area contributed by atoms with Gasteiger partial charge < -0.3 is 15.0 Å². The van der Waals surface area contributed by atoms with E-state index in [1.807, 2.05) is 42.6 Å². The number of fused-ring (bicyclic) bond motifs is 2. The second-order valence-corrected chi connectivity index (χ2v) is 7.86. The molecule has 1 aliphatic carbocycles. The number of benzene rings is 2. The van der Waals surface area contributed by atoms with E-state index in [0.717, 1.165) is 29.3 Å². The van der Waals surface area contributed by atoms with Gasteiger partial charge in [0.1, 0.15) is 5.78 Å². The molecule has 1 atom stereocenters. The lowest BCUT2D eigenvalue weighted by Crippen LogP contribution is -2.42. The van der Waals surface area contributed by atoms with Crippen LogP contribution in [0, 0.1) is 5.92 Å². The van der Waals surface area contributed by atoms with E-state index in [1.54, 1.807) is 11.0 Å². The number of para-hydroxylation sites is 2. The third-order valence-corrected chi connectivity index (χ3v) is 5.98. The number of hydrogen-bond acceptors (Lipinski definition) is 3. The van der Waals surface area contributed by atoms with Crippen LogP contribution in [-0.2, 0) is 21.6 Å². The molecule has 5 nitrogen and oxygen atoms in total. The number of aromatic amines is 1. The molecule has 2 aliphatic rings. The first-order valence-corrected chi connectivity index (χ1v) is 9.79. The van der Waals surface area contributed by atoms with Gasteiger partial charge in [-0.2, -0.15) is 0 Å². The molecule has 142 valence electrons. The predicted octanol–water partition coefficient (Wildman–Crippen LogP) is 3.31. The van der Waals surface area contributed by atoms with Crippen LogP contribution in [-0.4, -0.2) is 28.3 Å². The number of Topliss-reactive ketones (excluding diaryl/α,β-unsaturated/α-hetero) is 1. The molecule has 0 radical (unpaired) electrons. The van der Waals surface area contributed by atoms with Crippen molar-refractivity contribution in [2.75, 3.05) is 11.4 Å². The van der Waals surface area contributed by atoms with Gasteiger partial charge in [-0.3, -0.25) is 9.59 Å². The molecule has 1 fully saturated rings. The lowest BCUT2D eigenvalue weighted by atomic mass is 9.89.